The minimum atomic E-state index is -2.83. The van der Waals surface area contributed by atoms with E-state index in [0.717, 1.165) is 158 Å². The smallest absolute Gasteiger partial charge is 0.373 e. The largest absolute Gasteiger partial charge is 0.457 e. The van der Waals surface area contributed by atoms with E-state index < -0.39 is 40.8 Å². The molecule has 26 rings (SSSR count). The molecule has 2 aliphatic heterocycles. The van der Waals surface area contributed by atoms with Gasteiger partial charge in [-0.2, -0.15) is 8.97 Å². The molecule has 644 valence electrons. The topological polar surface area (TPSA) is 103 Å². The van der Waals surface area contributed by atoms with Crippen molar-refractivity contribution in [3.05, 3.63) is 380 Å². The molecule has 8 heterocycles. The average Bonchev–Trinajstić information content (AvgIpc) is 1.48. The zero-order valence-corrected chi connectivity index (χ0v) is 77.6. The van der Waals surface area contributed by atoms with Crippen molar-refractivity contribution >= 4 is 92.6 Å². The van der Waals surface area contributed by atoms with E-state index >= 15 is 0 Å². The molecule has 133 heavy (non-hydrogen) atoms. The summed E-state index contributed by atoms with van der Waals surface area (Å²) in [4.78, 5) is 23.9. The van der Waals surface area contributed by atoms with Gasteiger partial charge in [0.1, 0.15) is 65.2 Å². The van der Waals surface area contributed by atoms with Gasteiger partial charge in [-0.3, -0.25) is 14.0 Å². The molecule has 15 aromatic carbocycles. The van der Waals surface area contributed by atoms with E-state index in [0.29, 0.717) is 52.5 Å². The molecule has 0 amide bonds. The lowest BCUT2D eigenvalue weighted by atomic mass is 9.61. The Kier molecular flexibility index (Phi) is 16.3. The molecule has 1 N–H and O–H groups in total. The Labute approximate surface area is 786 Å². The number of aromatic nitrogens is 9. The van der Waals surface area contributed by atoms with Crippen LogP contribution in [0.5, 0.6) is 23.0 Å². The van der Waals surface area contributed by atoms with Crippen molar-refractivity contribution in [3.8, 4) is 135 Å². The zero-order valence-electron chi connectivity index (χ0n) is 82.6. The summed E-state index contributed by atoms with van der Waals surface area (Å²) >= 11 is 0. The molecule has 3 aliphatic carbocycles. The first-order chi connectivity index (χ1) is 67.5. The first-order valence-corrected chi connectivity index (χ1v) is 51.8. The van der Waals surface area contributed by atoms with Gasteiger partial charge in [0, 0.05) is 71.1 Å². The highest BCUT2D eigenvalue weighted by Crippen LogP contribution is 2.59. The molecule has 5 aliphatic rings. The molecule has 1 unspecified atom stereocenters. The van der Waals surface area contributed by atoms with Crippen LogP contribution in [0.2, 0.25) is 19.6 Å². The maximum absolute atomic E-state index is 10.6. The number of fused-ring (bicyclic) bond motifs is 30. The predicted octanol–water partition coefficient (Wildman–Crippen LogP) is 27.4. The molecule has 0 spiro atoms. The van der Waals surface area contributed by atoms with E-state index in [-0.39, 0.29) is 22.0 Å². The van der Waals surface area contributed by atoms with Gasteiger partial charge in [-0.15, -0.1) is 0 Å². The van der Waals surface area contributed by atoms with E-state index in [4.69, 9.17) is 28.5 Å². The van der Waals surface area contributed by atoms with Crippen LogP contribution in [0.15, 0.2) is 346 Å². The van der Waals surface area contributed by atoms with Crippen molar-refractivity contribution in [2.45, 2.75) is 122 Å². The Morgan fingerprint density at radius 3 is 1.78 bits per heavy atom. The lowest BCUT2D eigenvalue weighted by molar-refractivity contribution is -0.540. The lowest BCUT2D eigenvalue weighted by Crippen LogP contribution is -2.65. The molecule has 0 bridgehead atoms. The third-order valence-corrected chi connectivity index (χ3v) is 40.8. The lowest BCUT2D eigenvalue weighted by Gasteiger charge is -2.42. The molecule has 13 heteroatoms. The number of aryl methyl sites for hydroxylation is 1. The summed E-state index contributed by atoms with van der Waals surface area (Å²) in [5, 5.41) is 4.18. The van der Waals surface area contributed by atoms with Gasteiger partial charge in [0.15, 0.2) is 0 Å². The van der Waals surface area contributed by atoms with Gasteiger partial charge in [0.2, 0.25) is 5.78 Å². The van der Waals surface area contributed by atoms with Crippen molar-refractivity contribution in [2.75, 3.05) is 0 Å². The Hall–Kier alpha value is -14.9. The van der Waals surface area contributed by atoms with Crippen LogP contribution < -0.4 is 34.8 Å². The minimum absolute atomic E-state index is 0.0488. The number of aromatic amines is 1. The molecule has 6 aromatic heterocycles. The second-order valence-electron chi connectivity index (χ2n) is 38.9. The van der Waals surface area contributed by atoms with Crippen molar-refractivity contribution < 1.29 is 23.6 Å². The highest BCUT2D eigenvalue weighted by molar-refractivity contribution is 7.11. The summed E-state index contributed by atoms with van der Waals surface area (Å²) in [5.41, 5.74) is 30.1. The average molecular weight is 1760 g/mol. The van der Waals surface area contributed by atoms with Gasteiger partial charge >= 0.3 is 5.78 Å². The first kappa shape index (κ1) is 72.8. The van der Waals surface area contributed by atoms with Gasteiger partial charge in [-0.05, 0) is 221 Å². The van der Waals surface area contributed by atoms with Gasteiger partial charge in [-0.25, -0.2) is 19.9 Å². The van der Waals surface area contributed by atoms with Gasteiger partial charge in [-0.1, -0.05) is 317 Å². The molecular weight excluding hydrogens is 1660 g/mol. The Bertz CT molecular complexity index is 8810. The number of hydrogen-bond donors (Lipinski definition) is 1. The fourth-order valence-corrected chi connectivity index (χ4v) is 29.4. The quantitative estimate of drug-likeness (QED) is 0.0969. The van der Waals surface area contributed by atoms with Crippen LogP contribution >= 0.6 is 0 Å². The number of rotatable bonds is 7. The Balaban J connectivity index is 0.000000148. The first-order valence-electron chi connectivity index (χ1n) is 49.8. The second-order valence-corrected chi connectivity index (χ2v) is 47.8. The Morgan fingerprint density at radius 2 is 1.04 bits per heavy atom. The van der Waals surface area contributed by atoms with Gasteiger partial charge < -0.3 is 9.47 Å². The monoisotopic (exact) mass is 1760 g/mol. The molecule has 1 fully saturated rings. The number of nitrogens with zero attached hydrogens (tertiary/aromatic N) is 8. The van der Waals surface area contributed by atoms with Crippen LogP contribution in [0.25, 0.3) is 167 Å². The number of hydrogen-bond acceptors (Lipinski definition) is 6. The van der Waals surface area contributed by atoms with E-state index in [1.54, 1.807) is 18.5 Å². The number of imidazole rings is 4. The maximum atomic E-state index is 10.6. The molecule has 0 saturated heterocycles. The molecule has 1 saturated carbocycles. The molecule has 11 nitrogen and oxygen atoms in total. The van der Waals surface area contributed by atoms with Crippen LogP contribution in [0.4, 0.5) is 0 Å². The minimum Gasteiger partial charge on any atom is -0.457 e. The van der Waals surface area contributed by atoms with Crippen LogP contribution in [0.3, 0.4) is 0 Å². The Morgan fingerprint density at radius 1 is 0.451 bits per heavy atom. The van der Waals surface area contributed by atoms with Gasteiger partial charge in [0.05, 0.1) is 53.4 Å². The molecular formula is C120H100N9O2Si2+. The molecule has 1 atom stereocenters. The molecule has 21 aromatic rings. The summed E-state index contributed by atoms with van der Waals surface area (Å²) in [6.07, 6.45) is 8.31. The number of pyridine rings is 1. The molecule has 0 radical (unpaired) electrons. The van der Waals surface area contributed by atoms with E-state index in [9.17, 15) is 5.48 Å². The van der Waals surface area contributed by atoms with Crippen molar-refractivity contribution in [1.82, 2.24) is 38.3 Å². The normalized spacial score (nSPS) is 16.7. The van der Waals surface area contributed by atoms with Crippen molar-refractivity contribution in [2.24, 2.45) is 0 Å². The number of para-hydroxylation sites is 10. The predicted molar refractivity (Wildman–Crippen MR) is 551 cm³/mol. The van der Waals surface area contributed by atoms with Crippen LogP contribution in [0, 0.1) is 13.7 Å². The second kappa shape index (κ2) is 29.8. The van der Waals surface area contributed by atoms with E-state index in [2.05, 4.69) is 321 Å². The standard InChI is InChI=1S/C61H48N4OSi.C59H51N5OSi/c1-60(2)49-26-13-18-32-55(49)66-58-50(61(60,3)4)27-19-33-56(58)67(5,40-20-7-6-8-21-40)41-34-35-45-42-22-9-10-23-43(42)48-36-39(38-62-57(48)46-25-12-11-24-44(46)47(45)37-41)64-53-30-16-17-31-54(53)65-52-29-15-14-28-51(52)63-59(64)65;1-35-27-28-54-53(29-35)65-57-47(59(3,4)66(54,5)6)32-52(64-51-26-16-15-25-50(51)63-49-24-14-13-23-48(49)62-58(63)64)36(2)55(57)45-31-44-40-21-11-12-22-41(40)56-46(33-60-34-61-56)39-20-10-9-19-38(39)43(44)30-42(45)37-17-7-8-18-37/h6-38H,1-5H3;9-16,19-34,37H,7-8,17-18H2,1-6H3/p+1/i;1D3,2D3,37D. The highest BCUT2D eigenvalue weighted by Gasteiger charge is 2.51. The summed E-state index contributed by atoms with van der Waals surface area (Å²) in [6, 6.07) is 115. The number of benzene rings is 15. The van der Waals surface area contributed by atoms with E-state index in [1.165, 1.54) is 48.9 Å². The summed E-state index contributed by atoms with van der Waals surface area (Å²) in [7, 11) is -5.62. The summed E-state index contributed by atoms with van der Waals surface area (Å²) < 4.78 is 89.6. The zero-order chi connectivity index (χ0) is 95.8. The highest BCUT2D eigenvalue weighted by atomic mass is 28.3. The van der Waals surface area contributed by atoms with Crippen LogP contribution in [-0.2, 0) is 15.9 Å². The third-order valence-electron chi connectivity index (χ3n) is 31.2. The van der Waals surface area contributed by atoms with Crippen molar-refractivity contribution in [3.63, 3.8) is 0 Å². The number of H-pyrrole nitrogens is 1. The summed E-state index contributed by atoms with van der Waals surface area (Å²) in [6.45, 7) is 15.8. The third kappa shape index (κ3) is 11.8. The van der Waals surface area contributed by atoms with Crippen LogP contribution in [0.1, 0.15) is 116 Å². The SMILES string of the molecule is CC1(C)c2ccccc2Oc2c(cccc2[Si](C)(c2ccccc2)c2ccc3c(c2)-c2ccccc2-c2ncc(-[n+]4c5ccccc5n5c6ccccc6[nH]c54)cc2-c2ccccc2-3)C1(C)C.[2H]C([2H])([2H])c1ccc2c(c1)Oc1c(cc(-n3c4ccccc4n4c5ccccc5nc34)c(C([2H])([2H])[2H])c1-c1cc3c(cc1C1([2H])CCCC1)-c1ccccc1-c1cncnc1-c1ccccc1-3)C(C)(C)[Si]2(C)C. The number of nitrogens with one attached hydrogen (secondary N) is 1. The fourth-order valence-electron chi connectivity index (χ4n) is 22.9. The van der Waals surface area contributed by atoms with Crippen LogP contribution in [-0.4, -0.2) is 54.4 Å². The fraction of sp³-hybridized carbons (Fsp3) is 0.158. The van der Waals surface area contributed by atoms with Crippen molar-refractivity contribution in [1.29, 1.82) is 0 Å². The van der Waals surface area contributed by atoms with E-state index in [1.807, 2.05) is 95.7 Å². The van der Waals surface area contributed by atoms with Gasteiger partial charge in [0.25, 0.3) is 0 Å². The summed E-state index contributed by atoms with van der Waals surface area (Å²) in [5.74, 6) is 3.11. The number of ether oxygens (including phenoxy) is 2. The maximum Gasteiger partial charge on any atom is 0.373 e.